The summed E-state index contributed by atoms with van der Waals surface area (Å²) in [6.45, 7) is 7.57. The number of aryl methyl sites for hydroxylation is 1. The van der Waals surface area contributed by atoms with E-state index >= 15 is 0 Å². The van der Waals surface area contributed by atoms with Crippen LogP contribution in [0, 0.1) is 0 Å². The van der Waals surface area contributed by atoms with Crippen molar-refractivity contribution >= 4 is 17.4 Å². The summed E-state index contributed by atoms with van der Waals surface area (Å²) in [5.41, 5.74) is 3.89. The van der Waals surface area contributed by atoms with Gasteiger partial charge in [0.1, 0.15) is 5.76 Å². The fourth-order valence-corrected chi connectivity index (χ4v) is 4.13. The molecular weight excluding hydrogens is 400 g/mol. The summed E-state index contributed by atoms with van der Waals surface area (Å²) in [5, 5.41) is 11.1. The Morgan fingerprint density at radius 1 is 1.03 bits per heavy atom. The molecule has 32 heavy (non-hydrogen) atoms. The van der Waals surface area contributed by atoms with Crippen molar-refractivity contribution in [2.75, 3.05) is 27.2 Å². The Hall–Kier alpha value is -2.92. The molecule has 2 aromatic rings. The van der Waals surface area contributed by atoms with Gasteiger partial charge in [-0.3, -0.25) is 9.59 Å². The van der Waals surface area contributed by atoms with Crippen molar-refractivity contribution in [1.29, 1.82) is 0 Å². The third-order valence-electron chi connectivity index (χ3n) is 6.10. The van der Waals surface area contributed by atoms with Gasteiger partial charge in [0, 0.05) is 12.1 Å². The van der Waals surface area contributed by atoms with Crippen molar-refractivity contribution in [3.05, 3.63) is 76.4 Å². The molecule has 0 aliphatic carbocycles. The molecule has 5 heteroatoms. The van der Waals surface area contributed by atoms with Crippen LogP contribution in [0.2, 0.25) is 0 Å². The molecule has 1 atom stereocenters. The van der Waals surface area contributed by atoms with Crippen molar-refractivity contribution in [3.8, 4) is 0 Å². The topological polar surface area (TPSA) is 60.9 Å². The highest BCUT2D eigenvalue weighted by molar-refractivity contribution is 6.46. The summed E-state index contributed by atoms with van der Waals surface area (Å²) in [5.74, 6) is -0.898. The molecule has 170 valence electrons. The van der Waals surface area contributed by atoms with Crippen LogP contribution in [0.4, 0.5) is 0 Å². The number of likely N-dealkylation sites (tertiary alicyclic amines) is 1. The van der Waals surface area contributed by atoms with Crippen LogP contribution in [-0.2, 0) is 16.0 Å². The lowest BCUT2D eigenvalue weighted by Crippen LogP contribution is -2.32. The smallest absolute Gasteiger partial charge is 0.295 e. The molecule has 1 aliphatic rings. The van der Waals surface area contributed by atoms with Gasteiger partial charge in [0.2, 0.25) is 0 Å². The number of hydrogen-bond donors (Lipinski definition) is 1. The van der Waals surface area contributed by atoms with Gasteiger partial charge in [-0.2, -0.15) is 0 Å². The van der Waals surface area contributed by atoms with Crippen LogP contribution in [0.15, 0.2) is 54.1 Å². The molecule has 1 saturated heterocycles. The lowest BCUT2D eigenvalue weighted by atomic mass is 9.93. The number of Topliss-reactive ketones (excluding diaryl/α,β-unsaturated/α-hetero) is 1. The van der Waals surface area contributed by atoms with Gasteiger partial charge in [-0.25, -0.2) is 0 Å². The quantitative estimate of drug-likeness (QED) is 0.370. The molecule has 5 nitrogen and oxygen atoms in total. The number of carbonyl (C=O) groups is 2. The monoisotopic (exact) mass is 434 g/mol. The van der Waals surface area contributed by atoms with Gasteiger partial charge >= 0.3 is 0 Å². The van der Waals surface area contributed by atoms with Crippen molar-refractivity contribution in [2.45, 2.75) is 45.6 Å². The number of hydrogen-bond acceptors (Lipinski definition) is 4. The van der Waals surface area contributed by atoms with Crippen LogP contribution < -0.4 is 0 Å². The predicted molar refractivity (Wildman–Crippen MR) is 129 cm³/mol. The first-order valence-corrected chi connectivity index (χ1v) is 11.4. The zero-order valence-corrected chi connectivity index (χ0v) is 19.8. The van der Waals surface area contributed by atoms with Crippen LogP contribution in [0.3, 0.4) is 0 Å². The highest BCUT2D eigenvalue weighted by atomic mass is 16.3. The largest absolute Gasteiger partial charge is 0.507 e. The highest BCUT2D eigenvalue weighted by Gasteiger charge is 2.45. The van der Waals surface area contributed by atoms with Gasteiger partial charge in [0.15, 0.2) is 0 Å². The first kappa shape index (κ1) is 23.7. The third-order valence-corrected chi connectivity index (χ3v) is 6.10. The van der Waals surface area contributed by atoms with E-state index in [0.29, 0.717) is 18.0 Å². The molecule has 1 amide bonds. The van der Waals surface area contributed by atoms with Crippen molar-refractivity contribution < 1.29 is 14.7 Å². The van der Waals surface area contributed by atoms with E-state index in [4.69, 9.17) is 0 Å². The SMILES string of the molecule is CCc1ccc(/C(O)=C2/C(=O)C(=O)N(CCCN(C)C)C2c2ccc(C(C)C)cc2)cc1. The van der Waals surface area contributed by atoms with E-state index in [9.17, 15) is 14.7 Å². The molecule has 0 spiro atoms. The van der Waals surface area contributed by atoms with Crippen LogP contribution >= 0.6 is 0 Å². The molecule has 0 radical (unpaired) electrons. The lowest BCUT2D eigenvalue weighted by Gasteiger charge is -2.26. The van der Waals surface area contributed by atoms with Gasteiger partial charge in [-0.1, -0.05) is 69.3 Å². The number of ketones is 1. The second-order valence-corrected chi connectivity index (χ2v) is 9.02. The van der Waals surface area contributed by atoms with E-state index in [2.05, 4.69) is 25.7 Å². The molecule has 1 heterocycles. The van der Waals surface area contributed by atoms with E-state index in [1.165, 1.54) is 5.56 Å². The molecule has 1 unspecified atom stereocenters. The molecule has 2 aromatic carbocycles. The minimum absolute atomic E-state index is 0.112. The first-order valence-electron chi connectivity index (χ1n) is 11.4. The Labute approximate surface area is 191 Å². The normalized spacial score (nSPS) is 18.2. The van der Waals surface area contributed by atoms with E-state index in [1.807, 2.05) is 62.6 Å². The van der Waals surface area contributed by atoms with Crippen molar-refractivity contribution in [1.82, 2.24) is 9.80 Å². The van der Waals surface area contributed by atoms with Gasteiger partial charge in [-0.05, 0) is 56.1 Å². The molecular formula is C27H34N2O3. The predicted octanol–water partition coefficient (Wildman–Crippen LogP) is 4.75. The number of carbonyl (C=O) groups excluding carboxylic acids is 2. The minimum Gasteiger partial charge on any atom is -0.507 e. The zero-order chi connectivity index (χ0) is 23.4. The molecule has 0 aromatic heterocycles. The summed E-state index contributed by atoms with van der Waals surface area (Å²) in [4.78, 5) is 29.8. The van der Waals surface area contributed by atoms with Gasteiger partial charge in [0.05, 0.1) is 11.6 Å². The molecule has 3 rings (SSSR count). The van der Waals surface area contributed by atoms with Gasteiger partial charge in [-0.15, -0.1) is 0 Å². The summed E-state index contributed by atoms with van der Waals surface area (Å²) < 4.78 is 0. The number of aliphatic hydroxyl groups excluding tert-OH is 1. The number of benzene rings is 2. The van der Waals surface area contributed by atoms with Crippen molar-refractivity contribution in [2.24, 2.45) is 0 Å². The Morgan fingerprint density at radius 3 is 2.19 bits per heavy atom. The highest BCUT2D eigenvalue weighted by Crippen LogP contribution is 2.39. The number of nitrogens with zero attached hydrogens (tertiary/aromatic N) is 2. The standard InChI is InChI=1S/C27H34N2O3/c1-6-19-8-10-22(11-9-19)25(30)23-24(21-14-12-20(13-15-21)18(2)3)29(27(32)26(23)31)17-7-16-28(4)5/h8-15,18,24,30H,6-7,16-17H2,1-5H3/b25-23-. The Bertz CT molecular complexity index is 989. The van der Waals surface area contributed by atoms with Crippen LogP contribution in [0.25, 0.3) is 5.76 Å². The van der Waals surface area contributed by atoms with E-state index in [-0.39, 0.29) is 11.3 Å². The van der Waals surface area contributed by atoms with E-state index in [0.717, 1.165) is 30.5 Å². The fraction of sp³-hybridized carbons (Fsp3) is 0.407. The molecule has 1 fully saturated rings. The third kappa shape index (κ3) is 4.94. The van der Waals surface area contributed by atoms with Crippen LogP contribution in [0.5, 0.6) is 0 Å². The van der Waals surface area contributed by atoms with E-state index in [1.54, 1.807) is 4.90 Å². The maximum absolute atomic E-state index is 13.1. The zero-order valence-electron chi connectivity index (χ0n) is 19.8. The van der Waals surface area contributed by atoms with Gasteiger partial charge < -0.3 is 14.9 Å². The number of rotatable bonds is 8. The number of amides is 1. The minimum atomic E-state index is -0.621. The van der Waals surface area contributed by atoms with Crippen molar-refractivity contribution in [3.63, 3.8) is 0 Å². The van der Waals surface area contributed by atoms with Crippen LogP contribution in [-0.4, -0.2) is 53.8 Å². The second-order valence-electron chi connectivity index (χ2n) is 9.02. The lowest BCUT2D eigenvalue weighted by molar-refractivity contribution is -0.139. The van der Waals surface area contributed by atoms with E-state index < -0.39 is 17.7 Å². The summed E-state index contributed by atoms with van der Waals surface area (Å²) in [6.07, 6.45) is 1.63. The second kappa shape index (κ2) is 10.1. The summed E-state index contributed by atoms with van der Waals surface area (Å²) >= 11 is 0. The molecule has 1 N–H and O–H groups in total. The Balaban J connectivity index is 2.07. The molecule has 0 bridgehead atoms. The summed E-state index contributed by atoms with van der Waals surface area (Å²) in [7, 11) is 3.96. The number of aliphatic hydroxyl groups is 1. The average molecular weight is 435 g/mol. The molecule has 1 aliphatic heterocycles. The fourth-order valence-electron chi connectivity index (χ4n) is 4.13. The molecule has 0 saturated carbocycles. The maximum atomic E-state index is 13.1. The Morgan fingerprint density at radius 2 is 1.66 bits per heavy atom. The van der Waals surface area contributed by atoms with Crippen LogP contribution in [0.1, 0.15) is 61.4 Å². The first-order chi connectivity index (χ1) is 15.2. The summed E-state index contributed by atoms with van der Waals surface area (Å²) in [6, 6.07) is 14.9. The Kier molecular flexibility index (Phi) is 7.52. The van der Waals surface area contributed by atoms with Gasteiger partial charge in [0.25, 0.3) is 11.7 Å². The maximum Gasteiger partial charge on any atom is 0.295 e. The average Bonchev–Trinajstić information content (AvgIpc) is 3.03.